The van der Waals surface area contributed by atoms with Crippen molar-refractivity contribution in [3.05, 3.63) is 0 Å². The molecule has 0 unspecified atom stereocenters. The first-order valence-corrected chi connectivity index (χ1v) is 19.4. The summed E-state index contributed by atoms with van der Waals surface area (Å²) in [5.41, 5.74) is -1.07. The van der Waals surface area contributed by atoms with Crippen molar-refractivity contribution in [1.82, 2.24) is 15.5 Å². The van der Waals surface area contributed by atoms with E-state index in [1.54, 1.807) is 41.5 Å². The van der Waals surface area contributed by atoms with Crippen LogP contribution >= 0.6 is 0 Å². The first-order chi connectivity index (χ1) is 26.8. The van der Waals surface area contributed by atoms with Gasteiger partial charge < -0.3 is 72.6 Å². The van der Waals surface area contributed by atoms with Crippen LogP contribution in [0.3, 0.4) is 0 Å². The Morgan fingerprint density at radius 2 is 0.661 bits per heavy atom. The number of carboxylic acids is 1. The van der Waals surface area contributed by atoms with Gasteiger partial charge in [-0.15, -0.1) is 0 Å². The van der Waals surface area contributed by atoms with Gasteiger partial charge in [-0.1, -0.05) is 0 Å². The molecule has 19 heteroatoms. The summed E-state index contributed by atoms with van der Waals surface area (Å²) in [4.78, 5) is 35.9. The Bertz CT molecular complexity index is 878. The van der Waals surface area contributed by atoms with Crippen molar-refractivity contribution >= 4 is 18.2 Å². The lowest BCUT2D eigenvalue weighted by Gasteiger charge is -2.22. The van der Waals surface area contributed by atoms with Crippen LogP contribution in [0.25, 0.3) is 0 Å². The number of nitrogens with zero attached hydrogens (tertiary/aromatic N) is 1. The Morgan fingerprint density at radius 3 is 0.929 bits per heavy atom. The highest BCUT2D eigenvalue weighted by Gasteiger charge is 2.16. The molecule has 0 aromatic carbocycles. The van der Waals surface area contributed by atoms with Crippen LogP contribution in [0.1, 0.15) is 48.0 Å². The second-order valence-electron chi connectivity index (χ2n) is 14.0. The maximum Gasteiger partial charge on any atom is 0.407 e. The van der Waals surface area contributed by atoms with Gasteiger partial charge in [-0.25, -0.2) is 9.59 Å². The summed E-state index contributed by atoms with van der Waals surface area (Å²) < 4.78 is 65.7. The molecule has 19 nitrogen and oxygen atoms in total. The van der Waals surface area contributed by atoms with Gasteiger partial charge in [0.15, 0.2) is 0 Å². The molecule has 2 amide bonds. The molecule has 0 radical (unpaired) electrons. The normalized spacial score (nSPS) is 11.9. The number of nitrogens with one attached hydrogen (secondary N) is 2. The fraction of sp³-hybridized carbons (Fsp3) is 0.919. The fourth-order valence-electron chi connectivity index (χ4n) is 4.00. The van der Waals surface area contributed by atoms with Crippen LogP contribution in [-0.2, 0) is 61.6 Å². The van der Waals surface area contributed by atoms with Gasteiger partial charge in [0, 0.05) is 32.7 Å². The zero-order chi connectivity index (χ0) is 41.6. The number of aliphatic carboxylic acids is 1. The van der Waals surface area contributed by atoms with E-state index in [0.717, 1.165) is 0 Å². The Morgan fingerprint density at radius 1 is 0.411 bits per heavy atom. The third-order valence-corrected chi connectivity index (χ3v) is 6.55. The minimum Gasteiger partial charge on any atom is -0.481 e. The molecule has 0 saturated carbocycles. The molecule has 0 atom stereocenters. The quantitative estimate of drug-likeness (QED) is 0.0758. The molecule has 0 bridgehead atoms. The number of amides is 2. The first kappa shape index (κ1) is 53.6. The molecule has 332 valence electrons. The topological polar surface area (TPSA) is 209 Å². The molecular formula is C37H73N3O16. The number of hydrogen-bond acceptors (Lipinski definition) is 16. The Labute approximate surface area is 333 Å². The molecule has 0 heterocycles. The highest BCUT2D eigenvalue weighted by molar-refractivity contribution is 5.68. The van der Waals surface area contributed by atoms with Gasteiger partial charge in [0.05, 0.1) is 139 Å². The Balaban J connectivity index is 3.92. The summed E-state index contributed by atoms with van der Waals surface area (Å²) in [5, 5.41) is 13.9. The van der Waals surface area contributed by atoms with Gasteiger partial charge in [-0.3, -0.25) is 9.69 Å². The largest absolute Gasteiger partial charge is 0.481 e. The van der Waals surface area contributed by atoms with E-state index in [0.29, 0.717) is 158 Å². The highest BCUT2D eigenvalue weighted by atomic mass is 16.6. The Kier molecular flexibility index (Phi) is 35.3. The average Bonchev–Trinajstić information content (AvgIpc) is 3.10. The number of carboxylic acid groups (broad SMARTS) is 1. The molecule has 0 aliphatic heterocycles. The SMILES string of the molecule is CC(C)(C)OC(=O)NCCOCCOCCOCCOCCN(CCOCCOCCOCCOCCNC(=O)OC(C)(C)C)CCOCCOCCC(=O)O. The van der Waals surface area contributed by atoms with E-state index in [9.17, 15) is 14.4 Å². The van der Waals surface area contributed by atoms with E-state index in [2.05, 4.69) is 15.5 Å². The number of carbonyl (C=O) groups excluding carboxylic acids is 2. The van der Waals surface area contributed by atoms with E-state index < -0.39 is 29.4 Å². The van der Waals surface area contributed by atoms with Crippen LogP contribution in [-0.4, -0.2) is 204 Å². The van der Waals surface area contributed by atoms with Crippen LogP contribution in [0.2, 0.25) is 0 Å². The van der Waals surface area contributed by atoms with Crippen LogP contribution in [0.4, 0.5) is 9.59 Å². The van der Waals surface area contributed by atoms with Gasteiger partial charge >= 0.3 is 18.2 Å². The average molecular weight is 816 g/mol. The smallest absolute Gasteiger partial charge is 0.407 e. The van der Waals surface area contributed by atoms with E-state index in [1.807, 2.05) is 0 Å². The summed E-state index contributed by atoms with van der Waals surface area (Å²) in [7, 11) is 0. The van der Waals surface area contributed by atoms with Gasteiger partial charge in [-0.2, -0.15) is 0 Å². The van der Waals surface area contributed by atoms with Crippen LogP contribution in [0.15, 0.2) is 0 Å². The van der Waals surface area contributed by atoms with E-state index in [1.165, 1.54) is 0 Å². The Hall–Kier alpha value is -2.43. The molecule has 0 aromatic heterocycles. The van der Waals surface area contributed by atoms with Crippen molar-refractivity contribution in [3.63, 3.8) is 0 Å². The molecular weight excluding hydrogens is 742 g/mol. The zero-order valence-corrected chi connectivity index (χ0v) is 34.9. The lowest BCUT2D eigenvalue weighted by atomic mass is 10.2. The second-order valence-corrected chi connectivity index (χ2v) is 14.0. The van der Waals surface area contributed by atoms with Gasteiger partial charge in [0.2, 0.25) is 0 Å². The number of ether oxygens (including phenoxy) is 12. The second kappa shape index (κ2) is 36.9. The summed E-state index contributed by atoms with van der Waals surface area (Å²) in [5.74, 6) is -0.893. The molecule has 0 aliphatic rings. The molecule has 0 fully saturated rings. The maximum absolute atomic E-state index is 11.6. The van der Waals surface area contributed by atoms with Crippen LogP contribution in [0, 0.1) is 0 Å². The third kappa shape index (κ3) is 44.3. The van der Waals surface area contributed by atoms with Crippen LogP contribution < -0.4 is 10.6 Å². The summed E-state index contributed by atoms with van der Waals surface area (Å²) >= 11 is 0. The monoisotopic (exact) mass is 815 g/mol. The fourth-order valence-corrected chi connectivity index (χ4v) is 4.00. The number of hydrogen-bond donors (Lipinski definition) is 3. The zero-order valence-electron chi connectivity index (χ0n) is 34.9. The number of alkyl carbamates (subject to hydrolysis) is 2. The molecule has 3 N–H and O–H groups in total. The van der Waals surface area contributed by atoms with E-state index >= 15 is 0 Å². The van der Waals surface area contributed by atoms with Gasteiger partial charge in [-0.05, 0) is 41.5 Å². The lowest BCUT2D eigenvalue weighted by molar-refractivity contribution is -0.138. The van der Waals surface area contributed by atoms with Crippen molar-refractivity contribution in [3.8, 4) is 0 Å². The van der Waals surface area contributed by atoms with Crippen molar-refractivity contribution in [1.29, 1.82) is 0 Å². The standard InChI is InChI=1S/C37H73N3O16/c1-36(2,3)55-34(43)38-8-14-46-20-25-51-29-31-53-27-23-49-17-11-40(10-16-48-22-19-45-13-7-33(41)42)12-18-50-24-28-54-32-30-52-26-21-47-15-9-39-35(44)56-37(4,5)6/h7-32H2,1-6H3,(H,38,43)(H,39,44)(H,41,42). The first-order valence-electron chi connectivity index (χ1n) is 19.4. The maximum atomic E-state index is 11.6. The number of rotatable bonds is 39. The summed E-state index contributed by atoms with van der Waals surface area (Å²) in [6, 6.07) is 0. The van der Waals surface area contributed by atoms with Crippen molar-refractivity contribution < 1.29 is 76.3 Å². The van der Waals surface area contributed by atoms with Crippen molar-refractivity contribution in [2.75, 3.05) is 165 Å². The lowest BCUT2D eigenvalue weighted by Crippen LogP contribution is -2.34. The van der Waals surface area contributed by atoms with E-state index in [-0.39, 0.29) is 13.0 Å². The van der Waals surface area contributed by atoms with Crippen LogP contribution in [0.5, 0.6) is 0 Å². The highest BCUT2D eigenvalue weighted by Crippen LogP contribution is 2.07. The van der Waals surface area contributed by atoms with Gasteiger partial charge in [0.1, 0.15) is 11.2 Å². The summed E-state index contributed by atoms with van der Waals surface area (Å²) in [6.07, 6.45) is -0.972. The molecule has 0 aliphatic carbocycles. The molecule has 0 spiro atoms. The molecule has 0 saturated heterocycles. The third-order valence-electron chi connectivity index (χ3n) is 6.55. The predicted molar refractivity (Wildman–Crippen MR) is 205 cm³/mol. The minimum absolute atomic E-state index is 0.0330. The minimum atomic E-state index is -0.893. The summed E-state index contributed by atoms with van der Waals surface area (Å²) in [6.45, 7) is 21.9. The number of carbonyl (C=O) groups is 3. The molecule has 0 rings (SSSR count). The van der Waals surface area contributed by atoms with E-state index in [4.69, 9.17) is 61.9 Å². The van der Waals surface area contributed by atoms with Crippen molar-refractivity contribution in [2.45, 2.75) is 59.2 Å². The molecule has 56 heavy (non-hydrogen) atoms. The van der Waals surface area contributed by atoms with Crippen molar-refractivity contribution in [2.24, 2.45) is 0 Å². The predicted octanol–water partition coefficient (Wildman–Crippen LogP) is 1.98. The van der Waals surface area contributed by atoms with Gasteiger partial charge in [0.25, 0.3) is 0 Å². The molecule has 0 aromatic rings.